The van der Waals surface area contributed by atoms with Gasteiger partial charge in [0.1, 0.15) is 11.8 Å². The van der Waals surface area contributed by atoms with E-state index in [1.54, 1.807) is 12.6 Å². The monoisotopic (exact) mass is 264 g/mol. The molecule has 1 fully saturated rings. The number of hydrogen-bond acceptors (Lipinski definition) is 4. The lowest BCUT2D eigenvalue weighted by atomic mass is 9.96. The highest BCUT2D eigenvalue weighted by molar-refractivity contribution is 5.91. The van der Waals surface area contributed by atoms with Crippen LogP contribution in [-0.4, -0.2) is 30.2 Å². The number of amides is 2. The largest absolute Gasteiger partial charge is 0.497 e. The van der Waals surface area contributed by atoms with E-state index in [-0.39, 0.29) is 11.8 Å². The maximum atomic E-state index is 11.7. The fourth-order valence-corrected chi connectivity index (χ4v) is 2.21. The Kier molecular flexibility index (Phi) is 4.01. The average Bonchev–Trinajstić information content (AvgIpc) is 2.80. The van der Waals surface area contributed by atoms with Gasteiger partial charge in [-0.2, -0.15) is 0 Å². The van der Waals surface area contributed by atoms with Crippen LogP contribution in [0.15, 0.2) is 24.3 Å². The van der Waals surface area contributed by atoms with Crippen molar-refractivity contribution in [3.8, 4) is 5.75 Å². The lowest BCUT2D eigenvalue weighted by Gasteiger charge is -2.08. The van der Waals surface area contributed by atoms with Crippen LogP contribution in [0.2, 0.25) is 0 Å². The molecule has 2 atom stereocenters. The third-order valence-corrected chi connectivity index (χ3v) is 3.28. The van der Waals surface area contributed by atoms with Gasteiger partial charge in [0, 0.05) is 5.92 Å². The Morgan fingerprint density at radius 3 is 2.74 bits per heavy atom. The van der Waals surface area contributed by atoms with Gasteiger partial charge in [0.25, 0.3) is 5.91 Å². The molecule has 2 amide bonds. The number of hydroxylamine groups is 1. The Bertz CT molecular complexity index is 472. The number of benzene rings is 1. The summed E-state index contributed by atoms with van der Waals surface area (Å²) in [5.74, 6) is -0.233. The molecule has 2 rings (SSSR count). The summed E-state index contributed by atoms with van der Waals surface area (Å²) in [5.41, 5.74) is 2.56. The number of carbonyl (C=O) groups excluding carboxylic acids is 2. The summed E-state index contributed by atoms with van der Waals surface area (Å²) in [7, 11) is 1.59. The molecule has 0 spiro atoms. The van der Waals surface area contributed by atoms with Gasteiger partial charge >= 0.3 is 0 Å². The predicted molar refractivity (Wildman–Crippen MR) is 66.7 cm³/mol. The maximum absolute atomic E-state index is 11.7. The first-order valence-electron chi connectivity index (χ1n) is 6.01. The molecule has 0 aliphatic carbocycles. The van der Waals surface area contributed by atoms with Crippen LogP contribution >= 0.6 is 0 Å². The molecular weight excluding hydrogens is 248 g/mol. The molecule has 1 aliphatic rings. The van der Waals surface area contributed by atoms with Crippen LogP contribution in [0, 0.1) is 5.92 Å². The highest BCUT2D eigenvalue weighted by Gasteiger charge is 2.35. The SMILES string of the molecule is COc1ccc(C[C@H]2C[C@H](C(=O)NO)NC2=O)cc1. The second kappa shape index (κ2) is 5.71. The number of hydrogen-bond donors (Lipinski definition) is 3. The molecule has 0 aromatic heterocycles. The molecule has 19 heavy (non-hydrogen) atoms. The van der Waals surface area contributed by atoms with Crippen LogP contribution in [0.1, 0.15) is 12.0 Å². The zero-order valence-corrected chi connectivity index (χ0v) is 10.6. The van der Waals surface area contributed by atoms with Gasteiger partial charge in [0.15, 0.2) is 0 Å². The highest BCUT2D eigenvalue weighted by atomic mass is 16.5. The zero-order valence-electron chi connectivity index (χ0n) is 10.6. The van der Waals surface area contributed by atoms with E-state index in [1.807, 2.05) is 24.3 Å². The number of carbonyl (C=O) groups is 2. The Hall–Kier alpha value is -2.08. The van der Waals surface area contributed by atoms with Crippen molar-refractivity contribution in [2.24, 2.45) is 5.92 Å². The minimum absolute atomic E-state index is 0.163. The van der Waals surface area contributed by atoms with Crippen molar-refractivity contribution in [2.75, 3.05) is 7.11 Å². The van der Waals surface area contributed by atoms with Crippen molar-refractivity contribution in [2.45, 2.75) is 18.9 Å². The van der Waals surface area contributed by atoms with Crippen LogP contribution in [0.25, 0.3) is 0 Å². The van der Waals surface area contributed by atoms with E-state index in [0.717, 1.165) is 11.3 Å². The lowest BCUT2D eigenvalue weighted by Crippen LogP contribution is -2.40. The molecule has 6 heteroatoms. The van der Waals surface area contributed by atoms with E-state index in [4.69, 9.17) is 9.94 Å². The van der Waals surface area contributed by atoms with E-state index in [9.17, 15) is 9.59 Å². The number of nitrogens with one attached hydrogen (secondary N) is 2. The van der Waals surface area contributed by atoms with E-state index in [1.165, 1.54) is 0 Å². The number of rotatable bonds is 4. The van der Waals surface area contributed by atoms with Gasteiger partial charge in [-0.15, -0.1) is 0 Å². The van der Waals surface area contributed by atoms with Crippen molar-refractivity contribution in [3.63, 3.8) is 0 Å². The average molecular weight is 264 g/mol. The molecule has 1 aromatic rings. The molecule has 102 valence electrons. The molecule has 0 bridgehead atoms. The standard InChI is InChI=1S/C13H16N2O4/c1-19-10-4-2-8(3-5-10)6-9-7-11(13(17)15-18)14-12(9)16/h2-5,9,11,18H,6-7H2,1H3,(H,14,16)(H,15,17)/t9-,11+/m0/s1. The smallest absolute Gasteiger partial charge is 0.265 e. The van der Waals surface area contributed by atoms with Crippen molar-refractivity contribution >= 4 is 11.8 Å². The minimum Gasteiger partial charge on any atom is -0.497 e. The van der Waals surface area contributed by atoms with Gasteiger partial charge < -0.3 is 10.1 Å². The Morgan fingerprint density at radius 1 is 1.47 bits per heavy atom. The van der Waals surface area contributed by atoms with Gasteiger partial charge in [-0.3, -0.25) is 14.8 Å². The summed E-state index contributed by atoms with van der Waals surface area (Å²) in [6.45, 7) is 0. The Labute approximate surface area is 110 Å². The van der Waals surface area contributed by atoms with Gasteiger partial charge in [-0.25, -0.2) is 5.48 Å². The normalized spacial score (nSPS) is 21.9. The van der Waals surface area contributed by atoms with Gasteiger partial charge in [-0.05, 0) is 30.5 Å². The van der Waals surface area contributed by atoms with Crippen LogP contribution < -0.4 is 15.5 Å². The van der Waals surface area contributed by atoms with Crippen LogP contribution in [0.3, 0.4) is 0 Å². The van der Waals surface area contributed by atoms with Gasteiger partial charge in [0.05, 0.1) is 7.11 Å². The lowest BCUT2D eigenvalue weighted by molar-refractivity contribution is -0.132. The van der Waals surface area contributed by atoms with Gasteiger partial charge in [0.2, 0.25) is 5.91 Å². The second-order valence-electron chi connectivity index (χ2n) is 4.52. The molecule has 0 saturated carbocycles. The molecule has 3 N–H and O–H groups in total. The van der Waals surface area contributed by atoms with Crippen LogP contribution in [0.4, 0.5) is 0 Å². The van der Waals surface area contributed by atoms with E-state index < -0.39 is 11.9 Å². The Balaban J connectivity index is 1.99. The third-order valence-electron chi connectivity index (χ3n) is 3.28. The first kappa shape index (κ1) is 13.4. The van der Waals surface area contributed by atoms with E-state index >= 15 is 0 Å². The molecule has 1 heterocycles. The Morgan fingerprint density at radius 2 is 2.16 bits per heavy atom. The van der Waals surface area contributed by atoms with Gasteiger partial charge in [-0.1, -0.05) is 12.1 Å². The topological polar surface area (TPSA) is 87.7 Å². The molecule has 0 radical (unpaired) electrons. The summed E-state index contributed by atoms with van der Waals surface area (Å²) in [6, 6.07) is 6.80. The summed E-state index contributed by atoms with van der Waals surface area (Å²) in [6.07, 6.45) is 0.947. The molecule has 6 nitrogen and oxygen atoms in total. The summed E-state index contributed by atoms with van der Waals surface area (Å²) < 4.78 is 5.06. The quantitative estimate of drug-likeness (QED) is 0.537. The van der Waals surface area contributed by atoms with Crippen molar-refractivity contribution in [3.05, 3.63) is 29.8 Å². The molecule has 1 aromatic carbocycles. The van der Waals surface area contributed by atoms with Crippen LogP contribution in [0.5, 0.6) is 5.75 Å². The third kappa shape index (κ3) is 3.03. The second-order valence-corrected chi connectivity index (χ2v) is 4.52. The summed E-state index contributed by atoms with van der Waals surface area (Å²) >= 11 is 0. The van der Waals surface area contributed by atoms with Crippen molar-refractivity contribution in [1.29, 1.82) is 0 Å². The predicted octanol–water partition coefficient (Wildman–Crippen LogP) is 0.248. The van der Waals surface area contributed by atoms with E-state index in [0.29, 0.717) is 12.8 Å². The highest BCUT2D eigenvalue weighted by Crippen LogP contribution is 2.22. The molecule has 1 saturated heterocycles. The number of methoxy groups -OCH3 is 1. The minimum atomic E-state index is -0.652. The first-order valence-corrected chi connectivity index (χ1v) is 6.01. The van der Waals surface area contributed by atoms with Crippen molar-refractivity contribution < 1.29 is 19.5 Å². The molecular formula is C13H16N2O4. The summed E-state index contributed by atoms with van der Waals surface area (Å²) in [4.78, 5) is 23.0. The van der Waals surface area contributed by atoms with Crippen LogP contribution in [-0.2, 0) is 16.0 Å². The van der Waals surface area contributed by atoms with Crippen molar-refractivity contribution in [1.82, 2.24) is 10.8 Å². The molecule has 1 aliphatic heterocycles. The molecule has 0 unspecified atom stereocenters. The zero-order chi connectivity index (χ0) is 13.8. The van der Waals surface area contributed by atoms with E-state index in [2.05, 4.69) is 5.32 Å². The summed E-state index contributed by atoms with van der Waals surface area (Å²) in [5, 5.41) is 11.1. The first-order chi connectivity index (χ1) is 9.13. The number of ether oxygens (including phenoxy) is 1. The fourth-order valence-electron chi connectivity index (χ4n) is 2.21. The maximum Gasteiger partial charge on any atom is 0.265 e. The fraction of sp³-hybridized carbons (Fsp3) is 0.385.